The second-order valence-corrected chi connectivity index (χ2v) is 11.3. The summed E-state index contributed by atoms with van der Waals surface area (Å²) in [6.07, 6.45) is 0.549. The van der Waals surface area contributed by atoms with Crippen molar-refractivity contribution in [3.63, 3.8) is 0 Å². The number of carbonyl (C=O) groups excluding carboxylic acids is 1. The molecule has 202 valence electrons. The fourth-order valence-electron chi connectivity index (χ4n) is 4.23. The highest BCUT2D eigenvalue weighted by Crippen LogP contribution is 2.35. The Balaban J connectivity index is 1.30. The van der Waals surface area contributed by atoms with Crippen molar-refractivity contribution < 1.29 is 24.1 Å². The largest absolute Gasteiger partial charge is 0.490 e. The molecule has 1 aliphatic carbocycles. The van der Waals surface area contributed by atoms with Gasteiger partial charge in [-0.05, 0) is 69.2 Å². The average molecular weight is 520 g/mol. The van der Waals surface area contributed by atoms with Crippen LogP contribution in [0.1, 0.15) is 77.3 Å². The Bertz CT molecular complexity index is 1210. The van der Waals surface area contributed by atoms with Crippen LogP contribution in [0, 0.1) is 0 Å². The first-order valence-corrected chi connectivity index (χ1v) is 13.0. The van der Waals surface area contributed by atoms with Gasteiger partial charge in [0, 0.05) is 30.4 Å². The van der Waals surface area contributed by atoms with Gasteiger partial charge >= 0.3 is 6.09 Å². The third-order valence-corrected chi connectivity index (χ3v) is 6.58. The fourth-order valence-corrected chi connectivity index (χ4v) is 4.23. The number of hydrogen-bond acceptors (Lipinski definition) is 7. The van der Waals surface area contributed by atoms with E-state index in [1.54, 1.807) is 19.1 Å². The third-order valence-electron chi connectivity index (χ3n) is 6.58. The van der Waals surface area contributed by atoms with Crippen molar-refractivity contribution in [3.05, 3.63) is 77.5 Å². The van der Waals surface area contributed by atoms with Gasteiger partial charge in [-0.1, -0.05) is 38.1 Å². The lowest BCUT2D eigenvalue weighted by Crippen LogP contribution is -2.50. The van der Waals surface area contributed by atoms with Crippen molar-refractivity contribution in [2.75, 3.05) is 0 Å². The number of carbonyl (C=O) groups is 1. The number of aliphatic hydroxyl groups is 1. The van der Waals surface area contributed by atoms with Crippen LogP contribution in [0.25, 0.3) is 0 Å². The second kappa shape index (κ2) is 11.0. The van der Waals surface area contributed by atoms with Crippen LogP contribution in [0.5, 0.6) is 17.4 Å². The number of hydrogen-bond donors (Lipinski definition) is 2. The van der Waals surface area contributed by atoms with Crippen molar-refractivity contribution in [2.24, 2.45) is 0 Å². The topological polar surface area (TPSA) is 103 Å². The van der Waals surface area contributed by atoms with E-state index in [0.29, 0.717) is 17.3 Å². The summed E-state index contributed by atoms with van der Waals surface area (Å²) in [6.45, 7) is 11.6. The Hall–Kier alpha value is -3.65. The van der Waals surface area contributed by atoms with Crippen LogP contribution < -0.4 is 14.8 Å². The maximum atomic E-state index is 11.9. The molecule has 1 unspecified atom stereocenters. The van der Waals surface area contributed by atoms with Crippen LogP contribution in [0.15, 0.2) is 60.7 Å². The van der Waals surface area contributed by atoms with Crippen LogP contribution in [0.2, 0.25) is 0 Å². The van der Waals surface area contributed by atoms with Gasteiger partial charge in [0.25, 0.3) is 0 Å². The van der Waals surface area contributed by atoms with Gasteiger partial charge in [0.15, 0.2) is 0 Å². The normalized spacial score (nSPS) is 18.2. The molecule has 1 fully saturated rings. The number of nitrogens with zero attached hydrogens (tertiary/aromatic N) is 2. The molecule has 8 nitrogen and oxygen atoms in total. The number of ether oxygens (including phenoxy) is 3. The van der Waals surface area contributed by atoms with Crippen LogP contribution in [0.3, 0.4) is 0 Å². The highest BCUT2D eigenvalue weighted by Gasteiger charge is 2.33. The van der Waals surface area contributed by atoms with Crippen molar-refractivity contribution in [2.45, 2.75) is 83.6 Å². The lowest BCUT2D eigenvalue weighted by molar-refractivity contribution is 0.0363. The van der Waals surface area contributed by atoms with Crippen molar-refractivity contribution in [3.8, 4) is 17.4 Å². The van der Waals surface area contributed by atoms with E-state index < -0.39 is 11.7 Å². The Kier molecular flexibility index (Phi) is 7.92. The molecule has 0 aliphatic heterocycles. The molecule has 3 aromatic rings. The molecular formula is C30H37N3O5. The van der Waals surface area contributed by atoms with E-state index in [4.69, 9.17) is 14.2 Å². The standard InChI is InChI=1S/C30H37N3O5/c1-19(34)26-15-16-27(33-32-26)37-24-13-9-21(10-14-24)30(5,6)20-7-11-23(12-8-20)36-25-17-22(18-25)31-28(35)38-29(2,3)4/h7-16,19,22,25,34H,17-18H2,1-6H3,(H,31,35). The highest BCUT2D eigenvalue weighted by atomic mass is 16.6. The fraction of sp³-hybridized carbons (Fsp3) is 0.433. The summed E-state index contributed by atoms with van der Waals surface area (Å²) in [6, 6.07) is 19.6. The van der Waals surface area contributed by atoms with Gasteiger partial charge in [-0.3, -0.25) is 0 Å². The van der Waals surface area contributed by atoms with Crippen LogP contribution in [-0.4, -0.2) is 39.1 Å². The molecule has 2 aromatic carbocycles. The van der Waals surface area contributed by atoms with Gasteiger partial charge in [0.05, 0.1) is 11.8 Å². The SMILES string of the molecule is CC(O)c1ccc(Oc2ccc(C(C)(C)c3ccc(OC4CC(NC(=O)OC(C)(C)C)C4)cc3)cc2)nn1. The zero-order chi connectivity index (χ0) is 27.5. The molecule has 4 rings (SSSR count). The first-order valence-electron chi connectivity index (χ1n) is 13.0. The van der Waals surface area contributed by atoms with Crippen LogP contribution in [-0.2, 0) is 10.2 Å². The van der Waals surface area contributed by atoms with Gasteiger partial charge in [0.1, 0.15) is 23.2 Å². The number of aromatic nitrogens is 2. The Morgan fingerprint density at radius 1 is 0.895 bits per heavy atom. The lowest BCUT2D eigenvalue weighted by Gasteiger charge is -2.36. The summed E-state index contributed by atoms with van der Waals surface area (Å²) >= 11 is 0. The van der Waals surface area contributed by atoms with Gasteiger partial charge in [-0.25, -0.2) is 4.79 Å². The summed E-state index contributed by atoms with van der Waals surface area (Å²) in [5.74, 6) is 1.85. The Morgan fingerprint density at radius 3 is 1.97 bits per heavy atom. The zero-order valence-electron chi connectivity index (χ0n) is 22.9. The van der Waals surface area contributed by atoms with Crippen molar-refractivity contribution >= 4 is 6.09 Å². The van der Waals surface area contributed by atoms with E-state index in [-0.39, 0.29) is 23.7 Å². The number of aliphatic hydroxyl groups excluding tert-OH is 1. The van der Waals surface area contributed by atoms with Crippen LogP contribution in [0.4, 0.5) is 4.79 Å². The first kappa shape index (κ1) is 27.4. The molecule has 1 aliphatic rings. The first-order chi connectivity index (χ1) is 17.9. The highest BCUT2D eigenvalue weighted by molar-refractivity contribution is 5.68. The maximum absolute atomic E-state index is 11.9. The molecular weight excluding hydrogens is 482 g/mol. The van der Waals surface area contributed by atoms with Crippen LogP contribution >= 0.6 is 0 Å². The molecule has 0 bridgehead atoms. The van der Waals surface area contributed by atoms with Gasteiger partial charge in [-0.2, -0.15) is 0 Å². The number of alkyl carbamates (subject to hydrolysis) is 1. The second-order valence-electron chi connectivity index (χ2n) is 11.3. The molecule has 1 aromatic heterocycles. The number of rotatable bonds is 8. The molecule has 1 heterocycles. The quantitative estimate of drug-likeness (QED) is 0.372. The Morgan fingerprint density at radius 2 is 1.47 bits per heavy atom. The van der Waals surface area contributed by atoms with E-state index >= 15 is 0 Å². The van der Waals surface area contributed by atoms with E-state index in [1.807, 2.05) is 57.2 Å². The molecule has 8 heteroatoms. The summed E-state index contributed by atoms with van der Waals surface area (Å²) < 4.78 is 17.2. The minimum Gasteiger partial charge on any atom is -0.490 e. The Labute approximate surface area is 224 Å². The average Bonchev–Trinajstić information content (AvgIpc) is 2.82. The molecule has 1 amide bonds. The van der Waals surface area contributed by atoms with E-state index in [2.05, 4.69) is 41.5 Å². The van der Waals surface area contributed by atoms with Gasteiger partial charge in [0.2, 0.25) is 5.88 Å². The number of amides is 1. The lowest BCUT2D eigenvalue weighted by atomic mass is 9.78. The maximum Gasteiger partial charge on any atom is 0.407 e. The summed E-state index contributed by atoms with van der Waals surface area (Å²) in [5.41, 5.74) is 2.07. The zero-order valence-corrected chi connectivity index (χ0v) is 22.9. The summed E-state index contributed by atoms with van der Waals surface area (Å²) in [4.78, 5) is 11.9. The minimum atomic E-state index is -0.669. The molecule has 2 N–H and O–H groups in total. The van der Waals surface area contributed by atoms with E-state index in [9.17, 15) is 9.90 Å². The molecule has 1 saturated carbocycles. The minimum absolute atomic E-state index is 0.0780. The predicted octanol–water partition coefficient (Wildman–Crippen LogP) is 6.08. The molecule has 0 saturated heterocycles. The summed E-state index contributed by atoms with van der Waals surface area (Å²) in [5, 5.41) is 20.5. The van der Waals surface area contributed by atoms with Gasteiger partial charge in [-0.15, -0.1) is 10.2 Å². The molecule has 0 radical (unpaired) electrons. The molecule has 1 atom stereocenters. The van der Waals surface area contributed by atoms with Crippen molar-refractivity contribution in [1.82, 2.24) is 15.5 Å². The van der Waals surface area contributed by atoms with E-state index in [0.717, 1.165) is 29.7 Å². The monoisotopic (exact) mass is 519 g/mol. The third kappa shape index (κ3) is 7.01. The smallest absolute Gasteiger partial charge is 0.407 e. The van der Waals surface area contributed by atoms with Crippen molar-refractivity contribution in [1.29, 1.82) is 0 Å². The van der Waals surface area contributed by atoms with Gasteiger partial charge < -0.3 is 24.6 Å². The summed E-state index contributed by atoms with van der Waals surface area (Å²) in [7, 11) is 0. The van der Waals surface area contributed by atoms with E-state index in [1.165, 1.54) is 0 Å². The molecule has 38 heavy (non-hydrogen) atoms. The number of benzene rings is 2. The predicted molar refractivity (Wildman–Crippen MR) is 145 cm³/mol. The molecule has 0 spiro atoms. The number of nitrogens with one attached hydrogen (secondary N) is 1.